The summed E-state index contributed by atoms with van der Waals surface area (Å²) in [5, 5.41) is 2.29. The fourth-order valence-corrected chi connectivity index (χ4v) is 1.53. The normalized spacial score (nSPS) is 10.0. The molecule has 0 unspecified atom stereocenters. The van der Waals surface area contributed by atoms with Crippen LogP contribution in [0.3, 0.4) is 0 Å². The van der Waals surface area contributed by atoms with Gasteiger partial charge in [-0.2, -0.15) is 0 Å². The molecule has 20 heavy (non-hydrogen) atoms. The monoisotopic (exact) mass is 286 g/mol. The number of halogens is 2. The Morgan fingerprint density at radius 2 is 2.05 bits per heavy atom. The zero-order chi connectivity index (χ0) is 15.1. The number of urea groups is 1. The molecule has 1 aromatic rings. The van der Waals surface area contributed by atoms with Gasteiger partial charge >= 0.3 is 12.0 Å². The van der Waals surface area contributed by atoms with Crippen LogP contribution >= 0.6 is 0 Å². The molecular formula is C13H16F2N2O3. The largest absolute Gasteiger partial charge is 0.468 e. The lowest BCUT2D eigenvalue weighted by atomic mass is 10.3. The van der Waals surface area contributed by atoms with E-state index in [0.29, 0.717) is 19.0 Å². The summed E-state index contributed by atoms with van der Waals surface area (Å²) in [5.74, 6) is -2.19. The molecule has 0 saturated heterocycles. The molecule has 0 aliphatic carbocycles. The Hall–Kier alpha value is -2.18. The highest BCUT2D eigenvalue weighted by molar-refractivity contribution is 5.91. The summed E-state index contributed by atoms with van der Waals surface area (Å²) in [5.41, 5.74) is -0.151. The van der Waals surface area contributed by atoms with Gasteiger partial charge in [-0.05, 0) is 18.6 Å². The van der Waals surface area contributed by atoms with E-state index in [0.717, 1.165) is 12.1 Å². The van der Waals surface area contributed by atoms with Gasteiger partial charge in [-0.3, -0.25) is 4.79 Å². The first kappa shape index (κ1) is 15.9. The highest BCUT2D eigenvalue weighted by atomic mass is 19.1. The van der Waals surface area contributed by atoms with E-state index in [9.17, 15) is 18.4 Å². The van der Waals surface area contributed by atoms with E-state index in [2.05, 4.69) is 10.1 Å². The van der Waals surface area contributed by atoms with Gasteiger partial charge in [0, 0.05) is 12.6 Å². The third-order valence-corrected chi connectivity index (χ3v) is 2.50. The number of rotatable bonds is 5. The fourth-order valence-electron chi connectivity index (χ4n) is 1.53. The predicted molar refractivity (Wildman–Crippen MR) is 69.3 cm³/mol. The van der Waals surface area contributed by atoms with E-state index < -0.39 is 23.6 Å². The average Bonchev–Trinajstić information content (AvgIpc) is 2.41. The van der Waals surface area contributed by atoms with E-state index in [1.165, 1.54) is 12.0 Å². The van der Waals surface area contributed by atoms with E-state index >= 15 is 0 Å². The number of benzene rings is 1. The van der Waals surface area contributed by atoms with Crippen LogP contribution in [0.5, 0.6) is 0 Å². The van der Waals surface area contributed by atoms with Gasteiger partial charge in [-0.15, -0.1) is 0 Å². The molecule has 1 N–H and O–H groups in total. The van der Waals surface area contributed by atoms with Gasteiger partial charge in [-0.1, -0.05) is 6.92 Å². The van der Waals surface area contributed by atoms with Gasteiger partial charge in [0.05, 0.1) is 12.8 Å². The lowest BCUT2D eigenvalue weighted by Gasteiger charge is -2.21. The number of hydrogen-bond donors (Lipinski definition) is 1. The highest BCUT2D eigenvalue weighted by Gasteiger charge is 2.18. The lowest BCUT2D eigenvalue weighted by molar-refractivity contribution is -0.141. The number of anilines is 1. The number of hydrogen-bond acceptors (Lipinski definition) is 3. The van der Waals surface area contributed by atoms with E-state index in [-0.39, 0.29) is 12.2 Å². The Balaban J connectivity index is 2.77. The first-order valence-electron chi connectivity index (χ1n) is 6.05. The molecule has 0 heterocycles. The summed E-state index contributed by atoms with van der Waals surface area (Å²) < 4.78 is 30.7. The van der Waals surface area contributed by atoms with E-state index in [1.807, 2.05) is 6.92 Å². The van der Waals surface area contributed by atoms with Crippen molar-refractivity contribution in [1.29, 1.82) is 0 Å². The Labute approximate surface area is 115 Å². The van der Waals surface area contributed by atoms with E-state index in [1.54, 1.807) is 0 Å². The molecule has 1 aromatic carbocycles. The van der Waals surface area contributed by atoms with Crippen LogP contribution in [0.25, 0.3) is 0 Å². The van der Waals surface area contributed by atoms with Crippen LogP contribution < -0.4 is 5.32 Å². The van der Waals surface area contributed by atoms with Crippen molar-refractivity contribution < 1.29 is 23.1 Å². The van der Waals surface area contributed by atoms with Crippen molar-refractivity contribution in [3.63, 3.8) is 0 Å². The van der Waals surface area contributed by atoms with Gasteiger partial charge in [0.1, 0.15) is 18.2 Å². The van der Waals surface area contributed by atoms with Gasteiger partial charge in [0.2, 0.25) is 0 Å². The second kappa shape index (κ2) is 7.42. The van der Waals surface area contributed by atoms with Crippen LogP contribution in [0.1, 0.15) is 13.3 Å². The number of methoxy groups -OCH3 is 1. The van der Waals surface area contributed by atoms with Crippen molar-refractivity contribution in [2.75, 3.05) is 25.5 Å². The van der Waals surface area contributed by atoms with Crippen molar-refractivity contribution in [3.05, 3.63) is 29.8 Å². The fraction of sp³-hybridized carbons (Fsp3) is 0.385. The first-order valence-corrected chi connectivity index (χ1v) is 6.05. The maximum Gasteiger partial charge on any atom is 0.325 e. The van der Waals surface area contributed by atoms with Crippen molar-refractivity contribution in [1.82, 2.24) is 4.90 Å². The highest BCUT2D eigenvalue weighted by Crippen LogP contribution is 2.15. The summed E-state index contributed by atoms with van der Waals surface area (Å²) in [6.07, 6.45) is 0.621. The molecule has 5 nitrogen and oxygen atoms in total. The summed E-state index contributed by atoms with van der Waals surface area (Å²) in [6, 6.07) is 2.16. The van der Waals surface area contributed by atoms with Gasteiger partial charge in [0.15, 0.2) is 0 Å². The quantitative estimate of drug-likeness (QED) is 0.845. The molecule has 0 spiro atoms. The number of ether oxygens (including phenoxy) is 1. The van der Waals surface area contributed by atoms with Gasteiger partial charge in [0.25, 0.3) is 0 Å². The van der Waals surface area contributed by atoms with Crippen LogP contribution in [0.4, 0.5) is 19.3 Å². The lowest BCUT2D eigenvalue weighted by Crippen LogP contribution is -2.39. The smallest absolute Gasteiger partial charge is 0.325 e. The number of nitrogens with zero attached hydrogens (tertiary/aromatic N) is 1. The third-order valence-electron chi connectivity index (χ3n) is 2.50. The average molecular weight is 286 g/mol. The molecule has 0 bridgehead atoms. The molecular weight excluding hydrogens is 270 g/mol. The molecule has 0 saturated carbocycles. The Morgan fingerprint density at radius 3 is 2.60 bits per heavy atom. The number of nitrogens with one attached hydrogen (secondary N) is 1. The third kappa shape index (κ3) is 4.49. The summed E-state index contributed by atoms with van der Waals surface area (Å²) >= 11 is 0. The summed E-state index contributed by atoms with van der Waals surface area (Å²) in [4.78, 5) is 24.3. The maximum atomic E-state index is 13.4. The summed E-state index contributed by atoms with van der Waals surface area (Å²) in [7, 11) is 1.21. The summed E-state index contributed by atoms with van der Waals surface area (Å²) in [6.45, 7) is 1.90. The number of carbonyl (C=O) groups is 2. The molecule has 1 rings (SSSR count). The van der Waals surface area contributed by atoms with Crippen LogP contribution in [0, 0.1) is 11.6 Å². The Morgan fingerprint density at radius 1 is 1.35 bits per heavy atom. The van der Waals surface area contributed by atoms with Crippen LogP contribution in [-0.2, 0) is 9.53 Å². The minimum Gasteiger partial charge on any atom is -0.468 e. The second-order valence-electron chi connectivity index (χ2n) is 4.05. The van der Waals surface area contributed by atoms with Crippen molar-refractivity contribution >= 4 is 17.7 Å². The zero-order valence-electron chi connectivity index (χ0n) is 11.3. The first-order chi connectivity index (χ1) is 9.47. The SMILES string of the molecule is CCCN(CC(=O)OC)C(=O)Nc1ccc(F)cc1F. The zero-order valence-corrected chi connectivity index (χ0v) is 11.3. The molecule has 110 valence electrons. The molecule has 0 atom stereocenters. The van der Waals surface area contributed by atoms with Gasteiger partial charge in [-0.25, -0.2) is 13.6 Å². The second-order valence-corrected chi connectivity index (χ2v) is 4.05. The van der Waals surface area contributed by atoms with Crippen LogP contribution in [0.2, 0.25) is 0 Å². The molecule has 0 radical (unpaired) electrons. The van der Waals surface area contributed by atoms with Crippen LogP contribution in [0.15, 0.2) is 18.2 Å². The molecule has 0 fully saturated rings. The van der Waals surface area contributed by atoms with Crippen molar-refractivity contribution in [2.45, 2.75) is 13.3 Å². The number of carbonyl (C=O) groups excluding carboxylic acids is 2. The topological polar surface area (TPSA) is 58.6 Å². The minimum atomic E-state index is -0.882. The molecule has 0 aliphatic rings. The molecule has 2 amide bonds. The number of amides is 2. The standard InChI is InChI=1S/C13H16F2N2O3/c1-3-6-17(8-12(18)20-2)13(19)16-11-5-4-9(14)7-10(11)15/h4-5,7H,3,6,8H2,1-2H3,(H,16,19). The maximum absolute atomic E-state index is 13.4. The van der Waals surface area contributed by atoms with Crippen molar-refractivity contribution in [2.24, 2.45) is 0 Å². The van der Waals surface area contributed by atoms with Crippen molar-refractivity contribution in [3.8, 4) is 0 Å². The number of esters is 1. The Kier molecular flexibility index (Phi) is 5.89. The molecule has 0 aromatic heterocycles. The van der Waals surface area contributed by atoms with Gasteiger partial charge < -0.3 is 15.0 Å². The van der Waals surface area contributed by atoms with E-state index in [4.69, 9.17) is 0 Å². The Bertz CT molecular complexity index is 495. The molecule has 7 heteroatoms. The van der Waals surface area contributed by atoms with Crippen LogP contribution in [-0.4, -0.2) is 37.1 Å². The molecule has 0 aliphatic heterocycles. The predicted octanol–water partition coefficient (Wildman–Crippen LogP) is 2.38. The minimum absolute atomic E-state index is 0.151.